The number of aliphatic carboxylic acids is 1. The second-order valence-electron chi connectivity index (χ2n) is 4.29. The van der Waals surface area contributed by atoms with Crippen LogP contribution in [0.3, 0.4) is 0 Å². The molecule has 2 rings (SSSR count). The molecule has 0 saturated heterocycles. The van der Waals surface area contributed by atoms with E-state index in [1.807, 2.05) is 0 Å². The largest absolute Gasteiger partial charge is 0.573 e. The molecule has 0 spiro atoms. The third-order valence-electron chi connectivity index (χ3n) is 2.71. The predicted molar refractivity (Wildman–Crippen MR) is 72.7 cm³/mol. The molecule has 0 amide bonds. The fraction of sp³-hybridized carbons (Fsp3) is 0.143. The Balaban J connectivity index is 2.46. The zero-order chi connectivity index (χ0) is 16.3. The molecule has 1 N–H and O–H groups in total. The highest BCUT2D eigenvalue weighted by Gasteiger charge is 2.31. The Morgan fingerprint density at radius 2 is 2.05 bits per heavy atom. The maximum Gasteiger partial charge on any atom is 0.573 e. The number of nitrogens with zero attached hydrogens (tertiary/aromatic N) is 1. The van der Waals surface area contributed by atoms with Crippen molar-refractivity contribution in [1.82, 2.24) is 4.98 Å². The molecule has 1 heterocycles. The van der Waals surface area contributed by atoms with Gasteiger partial charge in [-0.25, -0.2) is 0 Å². The number of halogens is 4. The Hall–Kier alpha value is -2.28. The molecule has 0 aliphatic carbocycles. The molecule has 0 bridgehead atoms. The number of hydrogen-bond donors (Lipinski definition) is 1. The Bertz CT molecular complexity index is 704. The first kappa shape index (κ1) is 16.1. The molecule has 0 radical (unpaired) electrons. The van der Waals surface area contributed by atoms with Gasteiger partial charge in [-0.15, -0.1) is 13.2 Å². The molecule has 0 saturated carbocycles. The number of carboxylic acid groups (broad SMARTS) is 1. The molecule has 1 aromatic heterocycles. The predicted octanol–water partition coefficient (Wildman–Crippen LogP) is 3.93. The van der Waals surface area contributed by atoms with Crippen molar-refractivity contribution in [3.8, 4) is 16.9 Å². The number of benzene rings is 1. The van der Waals surface area contributed by atoms with Crippen LogP contribution in [0.2, 0.25) is 5.02 Å². The van der Waals surface area contributed by atoms with Crippen LogP contribution in [0.15, 0.2) is 36.7 Å². The van der Waals surface area contributed by atoms with Gasteiger partial charge in [-0.2, -0.15) is 0 Å². The number of carboxylic acids is 1. The lowest BCUT2D eigenvalue weighted by molar-refractivity contribution is -0.274. The number of hydrogen-bond acceptors (Lipinski definition) is 3. The Morgan fingerprint density at radius 1 is 1.32 bits per heavy atom. The lowest BCUT2D eigenvalue weighted by Crippen LogP contribution is -2.17. The maximum absolute atomic E-state index is 12.3. The summed E-state index contributed by atoms with van der Waals surface area (Å²) in [7, 11) is 0. The summed E-state index contributed by atoms with van der Waals surface area (Å²) in [6.07, 6.45) is -2.56. The van der Waals surface area contributed by atoms with E-state index in [-0.39, 0.29) is 17.0 Å². The lowest BCUT2D eigenvalue weighted by Gasteiger charge is -2.12. The van der Waals surface area contributed by atoms with Gasteiger partial charge in [-0.3, -0.25) is 9.78 Å². The van der Waals surface area contributed by atoms with Crippen molar-refractivity contribution in [2.24, 2.45) is 0 Å². The summed E-state index contributed by atoms with van der Waals surface area (Å²) < 4.78 is 40.6. The van der Waals surface area contributed by atoms with Crippen LogP contribution in [0.5, 0.6) is 5.75 Å². The minimum Gasteiger partial charge on any atom is -0.481 e. The molecule has 22 heavy (non-hydrogen) atoms. The SMILES string of the molecule is O=C(O)Cc1c(Cl)cncc1-c1cccc(OC(F)(F)F)c1. The van der Waals surface area contributed by atoms with Gasteiger partial charge in [-0.1, -0.05) is 23.7 Å². The fourth-order valence-corrected chi connectivity index (χ4v) is 2.13. The van der Waals surface area contributed by atoms with E-state index in [9.17, 15) is 18.0 Å². The van der Waals surface area contributed by atoms with Crippen molar-refractivity contribution >= 4 is 17.6 Å². The van der Waals surface area contributed by atoms with Crippen molar-refractivity contribution < 1.29 is 27.8 Å². The third-order valence-corrected chi connectivity index (χ3v) is 3.04. The van der Waals surface area contributed by atoms with Crippen molar-refractivity contribution in [3.05, 3.63) is 47.2 Å². The molecule has 116 valence electrons. The summed E-state index contributed by atoms with van der Waals surface area (Å²) in [4.78, 5) is 14.8. The van der Waals surface area contributed by atoms with Crippen molar-refractivity contribution in [2.45, 2.75) is 12.8 Å². The molecule has 8 heteroatoms. The molecule has 2 aromatic rings. The van der Waals surface area contributed by atoms with Gasteiger partial charge in [-0.05, 0) is 23.3 Å². The Labute approximate surface area is 128 Å². The van der Waals surface area contributed by atoms with Crippen LogP contribution in [0.1, 0.15) is 5.56 Å². The second-order valence-corrected chi connectivity index (χ2v) is 4.70. The smallest absolute Gasteiger partial charge is 0.481 e. The second kappa shape index (κ2) is 6.23. The number of aromatic nitrogens is 1. The minimum absolute atomic E-state index is 0.127. The number of alkyl halides is 3. The zero-order valence-corrected chi connectivity index (χ0v) is 11.6. The average molecular weight is 332 g/mol. The Kier molecular flexibility index (Phi) is 4.56. The summed E-state index contributed by atoms with van der Waals surface area (Å²) in [6.45, 7) is 0. The quantitative estimate of drug-likeness (QED) is 0.922. The van der Waals surface area contributed by atoms with Crippen LogP contribution < -0.4 is 4.74 Å². The van der Waals surface area contributed by atoms with Crippen molar-refractivity contribution in [3.63, 3.8) is 0 Å². The maximum atomic E-state index is 12.3. The molecular formula is C14H9ClF3NO3. The van der Waals surface area contributed by atoms with Crippen molar-refractivity contribution in [2.75, 3.05) is 0 Å². The normalized spacial score (nSPS) is 11.3. The number of ether oxygens (including phenoxy) is 1. The Morgan fingerprint density at radius 3 is 2.68 bits per heavy atom. The molecule has 0 fully saturated rings. The lowest BCUT2D eigenvalue weighted by atomic mass is 10.00. The van der Waals surface area contributed by atoms with E-state index in [1.165, 1.54) is 24.5 Å². The first-order valence-corrected chi connectivity index (χ1v) is 6.34. The van der Waals surface area contributed by atoms with E-state index in [0.29, 0.717) is 11.1 Å². The number of rotatable bonds is 4. The van der Waals surface area contributed by atoms with E-state index < -0.39 is 18.1 Å². The van der Waals surface area contributed by atoms with Crippen molar-refractivity contribution in [1.29, 1.82) is 0 Å². The molecule has 0 aliphatic rings. The van der Waals surface area contributed by atoms with Gasteiger partial charge in [0.15, 0.2) is 0 Å². The molecule has 0 unspecified atom stereocenters. The standard InChI is InChI=1S/C14H9ClF3NO3/c15-12-7-19-6-11(10(12)5-13(20)21)8-2-1-3-9(4-8)22-14(16,17)18/h1-4,6-7H,5H2,(H,20,21). The molecule has 0 atom stereocenters. The fourth-order valence-electron chi connectivity index (χ4n) is 1.90. The van der Waals surface area contributed by atoms with Gasteiger partial charge in [0.25, 0.3) is 0 Å². The summed E-state index contributed by atoms with van der Waals surface area (Å²) in [5, 5.41) is 9.04. The van der Waals surface area contributed by atoms with E-state index in [1.54, 1.807) is 0 Å². The minimum atomic E-state index is -4.81. The van der Waals surface area contributed by atoms with E-state index in [2.05, 4.69) is 9.72 Å². The van der Waals surface area contributed by atoms with Gasteiger partial charge in [0.05, 0.1) is 11.4 Å². The van der Waals surface area contributed by atoms with Crippen LogP contribution in [-0.2, 0) is 11.2 Å². The van der Waals surface area contributed by atoms with Gasteiger partial charge in [0.1, 0.15) is 5.75 Å². The van der Waals surface area contributed by atoms with Gasteiger partial charge in [0, 0.05) is 18.0 Å². The average Bonchev–Trinajstić information content (AvgIpc) is 2.39. The van der Waals surface area contributed by atoms with Gasteiger partial charge in [0.2, 0.25) is 0 Å². The highest BCUT2D eigenvalue weighted by atomic mass is 35.5. The van der Waals surface area contributed by atoms with E-state index in [4.69, 9.17) is 16.7 Å². The zero-order valence-electron chi connectivity index (χ0n) is 10.9. The monoisotopic (exact) mass is 331 g/mol. The summed E-state index contributed by atoms with van der Waals surface area (Å²) >= 11 is 5.93. The third kappa shape index (κ3) is 4.11. The molecule has 4 nitrogen and oxygen atoms in total. The van der Waals surface area contributed by atoms with Crippen LogP contribution in [0, 0.1) is 0 Å². The molecule has 1 aromatic carbocycles. The first-order valence-electron chi connectivity index (χ1n) is 5.96. The number of carbonyl (C=O) groups is 1. The summed E-state index contributed by atoms with van der Waals surface area (Å²) in [6, 6.07) is 5.17. The highest BCUT2D eigenvalue weighted by Crippen LogP contribution is 2.32. The molecular weight excluding hydrogens is 323 g/mol. The molecule has 0 aliphatic heterocycles. The summed E-state index contributed by atoms with van der Waals surface area (Å²) in [5.41, 5.74) is 0.934. The van der Waals surface area contributed by atoms with Crippen LogP contribution in [-0.4, -0.2) is 22.4 Å². The van der Waals surface area contributed by atoms with Crippen LogP contribution in [0.4, 0.5) is 13.2 Å². The highest BCUT2D eigenvalue weighted by molar-refractivity contribution is 6.31. The van der Waals surface area contributed by atoms with E-state index >= 15 is 0 Å². The van der Waals surface area contributed by atoms with Crippen LogP contribution >= 0.6 is 11.6 Å². The van der Waals surface area contributed by atoms with Crippen LogP contribution in [0.25, 0.3) is 11.1 Å². The topological polar surface area (TPSA) is 59.4 Å². The van der Waals surface area contributed by atoms with Gasteiger partial charge < -0.3 is 9.84 Å². The summed E-state index contributed by atoms with van der Waals surface area (Å²) in [5.74, 6) is -1.52. The van der Waals surface area contributed by atoms with Gasteiger partial charge >= 0.3 is 12.3 Å². The number of pyridine rings is 1. The first-order chi connectivity index (χ1) is 10.3. The van der Waals surface area contributed by atoms with E-state index in [0.717, 1.165) is 12.1 Å².